The molecule has 1 aromatic carbocycles. The molecule has 1 rings (SSSR count). The van der Waals surface area contributed by atoms with E-state index >= 15 is 0 Å². The fourth-order valence-corrected chi connectivity index (χ4v) is 0.902. The topological polar surface area (TPSA) is 79.8 Å². The lowest BCUT2D eigenvalue weighted by molar-refractivity contribution is -0.117. The fourth-order valence-electron chi connectivity index (χ4n) is 0.902. The number of amides is 1. The van der Waals surface area contributed by atoms with Gasteiger partial charge in [-0.1, -0.05) is 30.3 Å². The molecule has 15 heavy (non-hydrogen) atoms. The number of nitrogens with zero attached hydrogens (tertiary/aromatic N) is 2. The molecule has 1 amide bonds. The number of hydrogen-bond acceptors (Lipinski definition) is 3. The number of hydrogen-bond donors (Lipinski definition) is 2. The van der Waals surface area contributed by atoms with Crippen molar-refractivity contribution in [3.63, 3.8) is 0 Å². The number of carbonyl (C=O) groups is 1. The summed E-state index contributed by atoms with van der Waals surface area (Å²) in [4.78, 5) is 10.6. The van der Waals surface area contributed by atoms with Gasteiger partial charge in [-0.15, -0.1) is 5.10 Å². The Morgan fingerprint density at radius 1 is 1.40 bits per heavy atom. The third kappa shape index (κ3) is 4.56. The minimum atomic E-state index is -0.272. The average Bonchev–Trinajstić information content (AvgIpc) is 2.18. The van der Waals surface area contributed by atoms with Crippen LogP contribution in [0.2, 0.25) is 0 Å². The minimum absolute atomic E-state index is 0.0188. The highest BCUT2D eigenvalue weighted by molar-refractivity contribution is 5.95. The van der Waals surface area contributed by atoms with Gasteiger partial charge in [-0.25, -0.2) is 0 Å². The lowest BCUT2D eigenvalue weighted by Crippen LogP contribution is -2.34. The van der Waals surface area contributed by atoms with E-state index in [9.17, 15) is 4.79 Å². The molecule has 0 spiro atoms. The van der Waals surface area contributed by atoms with Crippen LogP contribution in [0, 0.1) is 0 Å². The van der Waals surface area contributed by atoms with Crippen LogP contribution >= 0.6 is 0 Å². The molecule has 0 aliphatic rings. The summed E-state index contributed by atoms with van der Waals surface area (Å²) in [5.74, 6) is -0.291. The third-order valence-corrected chi connectivity index (χ3v) is 1.48. The zero-order valence-electron chi connectivity index (χ0n) is 8.34. The lowest BCUT2D eigenvalue weighted by atomic mass is 10.2. The van der Waals surface area contributed by atoms with Crippen LogP contribution in [0.25, 0.3) is 0 Å². The van der Waals surface area contributed by atoms with E-state index in [1.165, 1.54) is 6.92 Å². The second kappa shape index (κ2) is 5.54. The number of rotatable bonds is 2. The molecule has 5 nitrogen and oxygen atoms in total. The van der Waals surface area contributed by atoms with Crippen molar-refractivity contribution in [2.45, 2.75) is 6.92 Å². The van der Waals surface area contributed by atoms with Crippen molar-refractivity contribution in [3.8, 4) is 0 Å². The normalized spacial score (nSPS) is 11.7. The van der Waals surface area contributed by atoms with E-state index in [0.29, 0.717) is 0 Å². The van der Waals surface area contributed by atoms with Crippen LogP contribution in [0.4, 0.5) is 0 Å². The molecule has 0 aliphatic heterocycles. The molecule has 0 saturated carbocycles. The van der Waals surface area contributed by atoms with Crippen LogP contribution in [0.15, 0.2) is 40.5 Å². The van der Waals surface area contributed by atoms with Crippen molar-refractivity contribution in [1.29, 1.82) is 0 Å². The SMILES string of the molecule is CC(=O)N/C(N)=N/N=C/c1ccccc1. The van der Waals surface area contributed by atoms with Crippen LogP contribution in [0.3, 0.4) is 0 Å². The molecular formula is C10H12N4O. The van der Waals surface area contributed by atoms with E-state index in [0.717, 1.165) is 5.56 Å². The van der Waals surface area contributed by atoms with Crippen molar-refractivity contribution in [2.75, 3.05) is 0 Å². The van der Waals surface area contributed by atoms with E-state index in [1.54, 1.807) is 6.21 Å². The van der Waals surface area contributed by atoms with E-state index in [1.807, 2.05) is 30.3 Å². The molecule has 1 aromatic rings. The van der Waals surface area contributed by atoms with Crippen LogP contribution in [0.1, 0.15) is 12.5 Å². The zero-order valence-corrected chi connectivity index (χ0v) is 8.34. The number of guanidine groups is 1. The highest BCUT2D eigenvalue weighted by Crippen LogP contribution is 1.93. The highest BCUT2D eigenvalue weighted by atomic mass is 16.1. The molecule has 0 bridgehead atoms. The summed E-state index contributed by atoms with van der Waals surface area (Å²) >= 11 is 0. The third-order valence-electron chi connectivity index (χ3n) is 1.48. The summed E-state index contributed by atoms with van der Waals surface area (Å²) in [5.41, 5.74) is 6.26. The lowest BCUT2D eigenvalue weighted by Gasteiger charge is -1.95. The smallest absolute Gasteiger partial charge is 0.223 e. The summed E-state index contributed by atoms with van der Waals surface area (Å²) in [5, 5.41) is 9.61. The second-order valence-electron chi connectivity index (χ2n) is 2.82. The van der Waals surface area contributed by atoms with Gasteiger partial charge in [0, 0.05) is 6.92 Å². The Labute approximate surface area is 87.7 Å². The van der Waals surface area contributed by atoms with Crippen molar-refractivity contribution in [3.05, 3.63) is 35.9 Å². The molecule has 0 unspecified atom stereocenters. The Balaban J connectivity index is 2.56. The van der Waals surface area contributed by atoms with Crippen LogP contribution < -0.4 is 11.1 Å². The molecule has 0 aromatic heterocycles. The quantitative estimate of drug-likeness (QED) is 0.417. The van der Waals surface area contributed by atoms with Crippen LogP contribution in [-0.4, -0.2) is 18.1 Å². The van der Waals surface area contributed by atoms with Gasteiger partial charge in [0.25, 0.3) is 0 Å². The summed E-state index contributed by atoms with van der Waals surface area (Å²) in [7, 11) is 0. The molecule has 5 heteroatoms. The predicted octanol–water partition coefficient (Wildman–Crippen LogP) is 0.471. The van der Waals surface area contributed by atoms with E-state index in [2.05, 4.69) is 15.5 Å². The Hall–Kier alpha value is -2.17. The number of nitrogens with one attached hydrogen (secondary N) is 1. The zero-order chi connectivity index (χ0) is 11.1. The van der Waals surface area contributed by atoms with Crippen LogP contribution in [-0.2, 0) is 4.79 Å². The molecule has 0 atom stereocenters. The Bertz CT molecular complexity index is 384. The molecule has 0 aliphatic carbocycles. The molecule has 78 valence electrons. The summed E-state index contributed by atoms with van der Waals surface area (Å²) in [6, 6.07) is 9.46. The first-order valence-electron chi connectivity index (χ1n) is 4.37. The van der Waals surface area contributed by atoms with Gasteiger partial charge in [0.2, 0.25) is 11.9 Å². The number of benzene rings is 1. The van der Waals surface area contributed by atoms with Crippen molar-refractivity contribution >= 4 is 18.1 Å². The summed E-state index contributed by atoms with van der Waals surface area (Å²) in [6.45, 7) is 1.35. The molecule has 0 radical (unpaired) electrons. The van der Waals surface area contributed by atoms with E-state index in [4.69, 9.17) is 5.73 Å². The summed E-state index contributed by atoms with van der Waals surface area (Å²) in [6.07, 6.45) is 1.55. The Morgan fingerprint density at radius 3 is 2.67 bits per heavy atom. The van der Waals surface area contributed by atoms with Gasteiger partial charge in [-0.05, 0) is 5.56 Å². The molecule has 0 heterocycles. The van der Waals surface area contributed by atoms with Gasteiger partial charge in [0.15, 0.2) is 0 Å². The van der Waals surface area contributed by atoms with Gasteiger partial charge < -0.3 is 5.73 Å². The maximum atomic E-state index is 10.6. The highest BCUT2D eigenvalue weighted by Gasteiger charge is 1.92. The molecular weight excluding hydrogens is 192 g/mol. The molecule has 0 fully saturated rings. The van der Waals surface area contributed by atoms with Gasteiger partial charge in [0.05, 0.1) is 6.21 Å². The monoisotopic (exact) mass is 204 g/mol. The van der Waals surface area contributed by atoms with Crippen molar-refractivity contribution < 1.29 is 4.79 Å². The second-order valence-corrected chi connectivity index (χ2v) is 2.82. The van der Waals surface area contributed by atoms with Gasteiger partial charge >= 0.3 is 0 Å². The van der Waals surface area contributed by atoms with Gasteiger partial charge in [-0.3, -0.25) is 10.1 Å². The fraction of sp³-hybridized carbons (Fsp3) is 0.100. The largest absolute Gasteiger partial charge is 0.368 e. The van der Waals surface area contributed by atoms with Crippen molar-refractivity contribution in [2.24, 2.45) is 15.9 Å². The van der Waals surface area contributed by atoms with Gasteiger partial charge in [0.1, 0.15) is 0 Å². The average molecular weight is 204 g/mol. The number of carbonyl (C=O) groups excluding carboxylic acids is 1. The Kier molecular flexibility index (Phi) is 4.03. The van der Waals surface area contributed by atoms with E-state index < -0.39 is 0 Å². The standard InChI is InChI=1S/C10H12N4O/c1-8(15)13-10(11)14-12-7-9-5-3-2-4-6-9/h2-7H,1H3,(H3,11,13,14,15)/b12-7+. The predicted molar refractivity (Wildman–Crippen MR) is 59.5 cm³/mol. The molecule has 3 N–H and O–H groups in total. The molecule has 0 saturated heterocycles. The van der Waals surface area contributed by atoms with E-state index in [-0.39, 0.29) is 11.9 Å². The maximum absolute atomic E-state index is 10.6. The van der Waals surface area contributed by atoms with Crippen LogP contribution in [0.5, 0.6) is 0 Å². The maximum Gasteiger partial charge on any atom is 0.223 e. The van der Waals surface area contributed by atoms with Gasteiger partial charge in [-0.2, -0.15) is 5.10 Å². The summed E-state index contributed by atoms with van der Waals surface area (Å²) < 4.78 is 0. The first kappa shape index (κ1) is 10.9. The Morgan fingerprint density at radius 2 is 2.07 bits per heavy atom. The number of nitrogens with two attached hydrogens (primary N) is 1. The first-order chi connectivity index (χ1) is 7.18. The first-order valence-corrected chi connectivity index (χ1v) is 4.37. The minimum Gasteiger partial charge on any atom is -0.368 e. The van der Waals surface area contributed by atoms with Crippen molar-refractivity contribution in [1.82, 2.24) is 5.32 Å².